The Balaban J connectivity index is 1.58. The van der Waals surface area contributed by atoms with Gasteiger partial charge < -0.3 is 24.2 Å². The van der Waals surface area contributed by atoms with Crippen molar-refractivity contribution in [1.29, 1.82) is 0 Å². The second kappa shape index (κ2) is 13.5. The number of carboxylic acids is 1. The SMILES string of the molecule is Cc1cc2nc3c(Cl)n2c(c1C(OC(C)(C)C)C(=O)O)N1CCC(C)(CC1)OCCCCC(C)Oc1cc(F)c(F)cc1-c1cccc-3c1. The molecule has 2 aromatic carbocycles. The minimum atomic E-state index is -1.27. The molecule has 2 aromatic heterocycles. The van der Waals surface area contributed by atoms with Gasteiger partial charge in [-0.25, -0.2) is 18.6 Å². The quantitative estimate of drug-likeness (QED) is 0.229. The van der Waals surface area contributed by atoms with Crippen LogP contribution in [0.1, 0.15) is 84.0 Å². The van der Waals surface area contributed by atoms with E-state index in [1.165, 1.54) is 0 Å². The van der Waals surface area contributed by atoms with Crippen molar-refractivity contribution in [3.63, 3.8) is 0 Å². The lowest BCUT2D eigenvalue weighted by Crippen LogP contribution is -2.45. The molecule has 0 radical (unpaired) electrons. The van der Waals surface area contributed by atoms with Gasteiger partial charge in [-0.2, -0.15) is 0 Å². The summed E-state index contributed by atoms with van der Waals surface area (Å²) in [5.74, 6) is -2.20. The predicted octanol–water partition coefficient (Wildman–Crippen LogP) is 9.18. The maximum Gasteiger partial charge on any atom is 0.337 e. The molecule has 1 N–H and O–H groups in total. The van der Waals surface area contributed by atoms with Crippen LogP contribution in [-0.2, 0) is 14.3 Å². The molecule has 6 bridgehead atoms. The number of anilines is 1. The van der Waals surface area contributed by atoms with Crippen molar-refractivity contribution in [2.75, 3.05) is 24.6 Å². The maximum atomic E-state index is 14.7. The van der Waals surface area contributed by atoms with Crippen LogP contribution in [0, 0.1) is 18.6 Å². The molecule has 11 heteroatoms. The van der Waals surface area contributed by atoms with Crippen LogP contribution in [0.25, 0.3) is 28.0 Å². The van der Waals surface area contributed by atoms with E-state index in [2.05, 4.69) is 11.8 Å². The summed E-state index contributed by atoms with van der Waals surface area (Å²) in [6.07, 6.45) is 2.31. The standard InChI is InChI=1S/C38H44ClF2N3O5/c1-22-18-30-42-32-25-12-9-11-24(19-25)26-20-27(40)28(41)21-29(26)48-23(2)10-7-8-17-47-38(6)13-15-43(16-14-38)35(44(30)34(32)39)31(22)33(36(45)46)49-37(3,4)5/h9,11-12,18-21,23,33H,7-8,10,13-17H2,1-6H3,(H,45,46). The molecule has 3 aliphatic heterocycles. The number of pyridine rings is 1. The molecule has 5 heterocycles. The molecule has 1 fully saturated rings. The van der Waals surface area contributed by atoms with Crippen molar-refractivity contribution in [2.45, 2.75) is 97.1 Å². The number of imidazole rings is 1. The number of hydrogen-bond donors (Lipinski definition) is 1. The van der Waals surface area contributed by atoms with Gasteiger partial charge in [0.25, 0.3) is 0 Å². The highest BCUT2D eigenvalue weighted by atomic mass is 35.5. The number of benzene rings is 2. The number of ether oxygens (including phenoxy) is 3. The molecule has 1 saturated heterocycles. The smallest absolute Gasteiger partial charge is 0.337 e. The van der Waals surface area contributed by atoms with Gasteiger partial charge in [0.1, 0.15) is 28.1 Å². The van der Waals surface area contributed by atoms with Crippen LogP contribution in [0.4, 0.5) is 14.6 Å². The third-order valence-electron chi connectivity index (χ3n) is 9.40. The summed E-state index contributed by atoms with van der Waals surface area (Å²) in [5, 5.41) is 10.8. The van der Waals surface area contributed by atoms with Gasteiger partial charge in [-0.1, -0.05) is 29.8 Å². The fraction of sp³-hybridized carbons (Fsp3) is 0.474. The van der Waals surface area contributed by atoms with Gasteiger partial charge in [0.2, 0.25) is 0 Å². The van der Waals surface area contributed by atoms with Crippen LogP contribution in [0.2, 0.25) is 5.15 Å². The predicted molar refractivity (Wildman–Crippen MR) is 187 cm³/mol. The molecule has 262 valence electrons. The van der Waals surface area contributed by atoms with Crippen LogP contribution < -0.4 is 9.64 Å². The zero-order valence-electron chi connectivity index (χ0n) is 28.9. The number of halogens is 3. The van der Waals surface area contributed by atoms with Crippen molar-refractivity contribution in [2.24, 2.45) is 0 Å². The van der Waals surface area contributed by atoms with Crippen LogP contribution in [0.3, 0.4) is 0 Å². The molecule has 0 saturated carbocycles. The Kier molecular flexibility index (Phi) is 9.69. The third-order valence-corrected chi connectivity index (χ3v) is 9.75. The zero-order chi connectivity index (χ0) is 35.2. The van der Waals surface area contributed by atoms with Gasteiger partial charge in [-0.15, -0.1) is 0 Å². The molecule has 0 spiro atoms. The fourth-order valence-electron chi connectivity index (χ4n) is 6.84. The lowest BCUT2D eigenvalue weighted by molar-refractivity contribution is -0.160. The number of hydrogen-bond acceptors (Lipinski definition) is 6. The van der Waals surface area contributed by atoms with Crippen LogP contribution in [-0.4, -0.2) is 57.5 Å². The van der Waals surface area contributed by atoms with Crippen LogP contribution in [0.5, 0.6) is 5.75 Å². The molecule has 0 aliphatic carbocycles. The average Bonchev–Trinajstić information content (AvgIpc) is 3.35. The van der Waals surface area contributed by atoms with E-state index in [9.17, 15) is 18.7 Å². The third kappa shape index (κ3) is 7.28. The van der Waals surface area contributed by atoms with E-state index in [4.69, 9.17) is 30.8 Å². The fourth-order valence-corrected chi connectivity index (χ4v) is 7.16. The first-order valence-corrected chi connectivity index (χ1v) is 17.3. The van der Waals surface area contributed by atoms with E-state index in [0.29, 0.717) is 71.1 Å². The largest absolute Gasteiger partial charge is 0.490 e. The summed E-state index contributed by atoms with van der Waals surface area (Å²) in [6, 6.07) is 11.4. The molecular weight excluding hydrogens is 652 g/mol. The second-order valence-electron chi connectivity index (χ2n) is 14.5. The molecule has 7 rings (SSSR count). The maximum absolute atomic E-state index is 14.7. The molecule has 49 heavy (non-hydrogen) atoms. The summed E-state index contributed by atoms with van der Waals surface area (Å²) in [4.78, 5) is 20.0. The van der Waals surface area contributed by atoms with Gasteiger partial charge in [0.05, 0.1) is 17.3 Å². The number of aliphatic carboxylic acids is 1. The summed E-state index contributed by atoms with van der Waals surface area (Å²) in [5.41, 5.74) is 2.78. The monoisotopic (exact) mass is 695 g/mol. The molecule has 3 aliphatic rings. The van der Waals surface area contributed by atoms with E-state index < -0.39 is 29.3 Å². The van der Waals surface area contributed by atoms with Gasteiger partial charge in [-0.05, 0) is 103 Å². The Hall–Kier alpha value is -3.73. The summed E-state index contributed by atoms with van der Waals surface area (Å²) >= 11 is 7.26. The minimum absolute atomic E-state index is 0.239. The number of aromatic nitrogens is 2. The number of rotatable bonds is 3. The van der Waals surface area contributed by atoms with Gasteiger partial charge >= 0.3 is 5.97 Å². The van der Waals surface area contributed by atoms with Crippen molar-refractivity contribution in [3.05, 3.63) is 70.4 Å². The Morgan fingerprint density at radius 3 is 2.49 bits per heavy atom. The Morgan fingerprint density at radius 2 is 1.80 bits per heavy atom. The Labute approximate surface area is 290 Å². The Morgan fingerprint density at radius 1 is 1.10 bits per heavy atom. The highest BCUT2D eigenvalue weighted by molar-refractivity contribution is 6.32. The lowest BCUT2D eigenvalue weighted by atomic mass is 9.92. The highest BCUT2D eigenvalue weighted by Gasteiger charge is 2.38. The summed E-state index contributed by atoms with van der Waals surface area (Å²) < 4.78 is 49.9. The lowest BCUT2D eigenvalue weighted by Gasteiger charge is -2.42. The van der Waals surface area contributed by atoms with E-state index in [0.717, 1.165) is 37.8 Å². The van der Waals surface area contributed by atoms with E-state index in [1.807, 2.05) is 63.3 Å². The van der Waals surface area contributed by atoms with E-state index in [-0.39, 0.29) is 22.6 Å². The van der Waals surface area contributed by atoms with Crippen LogP contribution in [0.15, 0.2) is 42.5 Å². The summed E-state index contributed by atoms with van der Waals surface area (Å²) in [6.45, 7) is 13.2. The molecule has 2 unspecified atom stereocenters. The first-order chi connectivity index (χ1) is 23.1. The van der Waals surface area contributed by atoms with Crippen molar-refractivity contribution in [3.8, 4) is 28.1 Å². The number of carboxylic acid groups (broad SMARTS) is 1. The topological polar surface area (TPSA) is 85.5 Å². The van der Waals surface area contributed by atoms with E-state index >= 15 is 0 Å². The van der Waals surface area contributed by atoms with Gasteiger partial charge in [0.15, 0.2) is 17.7 Å². The summed E-state index contributed by atoms with van der Waals surface area (Å²) in [7, 11) is 0. The highest BCUT2D eigenvalue weighted by Crippen LogP contribution is 2.43. The first-order valence-electron chi connectivity index (χ1n) is 16.9. The van der Waals surface area contributed by atoms with Crippen LogP contribution >= 0.6 is 11.6 Å². The van der Waals surface area contributed by atoms with Gasteiger partial charge in [0, 0.05) is 42.5 Å². The Bertz CT molecular complexity index is 1880. The van der Waals surface area contributed by atoms with Crippen molar-refractivity contribution in [1.82, 2.24) is 9.38 Å². The van der Waals surface area contributed by atoms with Crippen molar-refractivity contribution >= 4 is 29.0 Å². The number of piperidine rings is 1. The number of fused-ring (bicyclic) bond motifs is 8. The molecular formula is C38H44ClF2N3O5. The zero-order valence-corrected chi connectivity index (χ0v) is 29.7. The average molecular weight is 696 g/mol. The number of carbonyl (C=O) groups is 1. The molecule has 8 nitrogen and oxygen atoms in total. The van der Waals surface area contributed by atoms with E-state index in [1.54, 1.807) is 6.07 Å². The number of nitrogens with zero attached hydrogens (tertiary/aromatic N) is 3. The number of aryl methyl sites for hydroxylation is 1. The van der Waals surface area contributed by atoms with Crippen molar-refractivity contribution < 1.29 is 32.9 Å². The molecule has 4 aromatic rings. The molecule has 2 atom stereocenters. The first kappa shape index (κ1) is 35.1. The van der Waals surface area contributed by atoms with Gasteiger partial charge in [-0.3, -0.25) is 4.40 Å². The normalized spacial score (nSPS) is 21.0. The molecule has 0 amide bonds. The second-order valence-corrected chi connectivity index (χ2v) is 14.9. The minimum Gasteiger partial charge on any atom is -0.490 e.